The predicted octanol–water partition coefficient (Wildman–Crippen LogP) is 3.97. The molecule has 0 amide bonds. The van der Waals surface area contributed by atoms with Gasteiger partial charge in [0.1, 0.15) is 10.8 Å². The SMILES string of the molecule is Cc1ccccc1-c1nn2c(-c3cccc(F)c3)nnc2s1. The predicted molar refractivity (Wildman–Crippen MR) is 84.2 cm³/mol. The third kappa shape index (κ3) is 2.08. The Bertz CT molecular complexity index is 973. The summed E-state index contributed by atoms with van der Waals surface area (Å²) in [6.45, 7) is 2.05. The Morgan fingerprint density at radius 1 is 1.05 bits per heavy atom. The minimum Gasteiger partial charge on any atom is -0.207 e. The normalized spacial score (nSPS) is 11.2. The summed E-state index contributed by atoms with van der Waals surface area (Å²) in [7, 11) is 0. The Morgan fingerprint density at radius 2 is 1.91 bits per heavy atom. The van der Waals surface area contributed by atoms with Gasteiger partial charge in [0.05, 0.1) is 0 Å². The average molecular weight is 310 g/mol. The Hall–Kier alpha value is -2.60. The topological polar surface area (TPSA) is 43.1 Å². The lowest BCUT2D eigenvalue weighted by Gasteiger charge is -2.00. The second kappa shape index (κ2) is 4.99. The van der Waals surface area contributed by atoms with Crippen molar-refractivity contribution in [2.24, 2.45) is 0 Å². The molecule has 108 valence electrons. The van der Waals surface area contributed by atoms with Crippen LogP contribution in [-0.2, 0) is 0 Å². The summed E-state index contributed by atoms with van der Waals surface area (Å²) in [5.41, 5.74) is 2.89. The monoisotopic (exact) mass is 310 g/mol. The van der Waals surface area contributed by atoms with Crippen molar-refractivity contribution in [2.75, 3.05) is 0 Å². The highest BCUT2D eigenvalue weighted by Gasteiger charge is 2.15. The fourth-order valence-corrected chi connectivity index (χ4v) is 3.28. The van der Waals surface area contributed by atoms with Crippen LogP contribution in [0.1, 0.15) is 5.56 Å². The number of aryl methyl sites for hydroxylation is 1. The molecule has 0 aliphatic rings. The van der Waals surface area contributed by atoms with Crippen LogP contribution in [0, 0.1) is 12.7 Å². The van der Waals surface area contributed by atoms with Crippen molar-refractivity contribution in [1.82, 2.24) is 19.8 Å². The lowest BCUT2D eigenvalue weighted by atomic mass is 10.1. The minimum absolute atomic E-state index is 0.302. The summed E-state index contributed by atoms with van der Waals surface area (Å²) in [5.74, 6) is 0.245. The Balaban J connectivity index is 1.88. The van der Waals surface area contributed by atoms with Gasteiger partial charge in [0.25, 0.3) is 0 Å². The number of benzene rings is 2. The fourth-order valence-electron chi connectivity index (χ4n) is 2.35. The van der Waals surface area contributed by atoms with Crippen LogP contribution < -0.4 is 0 Å². The Labute approximate surface area is 129 Å². The molecule has 0 fully saturated rings. The molecule has 0 radical (unpaired) electrons. The molecule has 0 unspecified atom stereocenters. The van der Waals surface area contributed by atoms with Gasteiger partial charge in [-0.25, -0.2) is 4.39 Å². The molecule has 2 heterocycles. The number of hydrogen-bond donors (Lipinski definition) is 0. The zero-order chi connectivity index (χ0) is 15.1. The minimum atomic E-state index is -0.302. The van der Waals surface area contributed by atoms with Gasteiger partial charge in [-0.3, -0.25) is 0 Å². The smallest absolute Gasteiger partial charge is 0.207 e. The van der Waals surface area contributed by atoms with Crippen LogP contribution in [0.4, 0.5) is 4.39 Å². The highest BCUT2D eigenvalue weighted by Crippen LogP contribution is 2.29. The number of rotatable bonds is 2. The van der Waals surface area contributed by atoms with E-state index in [4.69, 9.17) is 0 Å². The van der Waals surface area contributed by atoms with Crippen molar-refractivity contribution in [1.29, 1.82) is 0 Å². The molecular weight excluding hydrogens is 299 g/mol. The average Bonchev–Trinajstić information content (AvgIpc) is 3.07. The van der Waals surface area contributed by atoms with Crippen molar-refractivity contribution >= 4 is 16.3 Å². The maximum absolute atomic E-state index is 13.4. The molecular formula is C16H11FN4S. The van der Waals surface area contributed by atoms with Crippen LogP contribution in [-0.4, -0.2) is 19.8 Å². The molecule has 0 saturated carbocycles. The molecule has 0 N–H and O–H groups in total. The molecule has 4 nitrogen and oxygen atoms in total. The van der Waals surface area contributed by atoms with E-state index in [9.17, 15) is 4.39 Å². The highest BCUT2D eigenvalue weighted by molar-refractivity contribution is 7.19. The van der Waals surface area contributed by atoms with Crippen molar-refractivity contribution < 1.29 is 4.39 Å². The summed E-state index contributed by atoms with van der Waals surface area (Å²) >= 11 is 1.47. The summed E-state index contributed by atoms with van der Waals surface area (Å²) in [6.07, 6.45) is 0. The van der Waals surface area contributed by atoms with Crippen molar-refractivity contribution in [3.63, 3.8) is 0 Å². The highest BCUT2D eigenvalue weighted by atomic mass is 32.1. The van der Waals surface area contributed by atoms with Crippen LogP contribution in [0.3, 0.4) is 0 Å². The van der Waals surface area contributed by atoms with E-state index in [1.54, 1.807) is 16.6 Å². The van der Waals surface area contributed by atoms with Gasteiger partial charge in [-0.1, -0.05) is 47.7 Å². The van der Waals surface area contributed by atoms with E-state index in [1.807, 2.05) is 31.2 Å². The molecule has 6 heteroatoms. The quantitative estimate of drug-likeness (QED) is 0.563. The van der Waals surface area contributed by atoms with Gasteiger partial charge < -0.3 is 0 Å². The summed E-state index contributed by atoms with van der Waals surface area (Å²) in [4.78, 5) is 0.692. The third-order valence-corrected chi connectivity index (χ3v) is 4.38. The van der Waals surface area contributed by atoms with E-state index in [-0.39, 0.29) is 5.82 Å². The maximum Gasteiger partial charge on any atom is 0.235 e. The summed E-state index contributed by atoms with van der Waals surface area (Å²) in [6, 6.07) is 14.3. The van der Waals surface area contributed by atoms with Crippen LogP contribution >= 0.6 is 11.3 Å². The number of nitrogens with zero attached hydrogens (tertiary/aromatic N) is 4. The number of aromatic nitrogens is 4. The van der Waals surface area contributed by atoms with Gasteiger partial charge in [0, 0.05) is 11.1 Å². The fraction of sp³-hybridized carbons (Fsp3) is 0.0625. The molecule has 2 aromatic carbocycles. The summed E-state index contributed by atoms with van der Waals surface area (Å²) in [5, 5.41) is 13.7. The first-order valence-corrected chi connectivity index (χ1v) is 7.58. The first kappa shape index (κ1) is 13.1. The van der Waals surface area contributed by atoms with E-state index in [0.717, 1.165) is 16.1 Å². The van der Waals surface area contributed by atoms with E-state index in [0.29, 0.717) is 16.3 Å². The zero-order valence-corrected chi connectivity index (χ0v) is 12.5. The second-order valence-corrected chi connectivity index (χ2v) is 5.91. The van der Waals surface area contributed by atoms with Crippen LogP contribution in [0.5, 0.6) is 0 Å². The van der Waals surface area contributed by atoms with Gasteiger partial charge in [-0.2, -0.15) is 9.61 Å². The lowest BCUT2D eigenvalue weighted by molar-refractivity contribution is 0.628. The van der Waals surface area contributed by atoms with Gasteiger partial charge >= 0.3 is 0 Å². The molecule has 2 aromatic heterocycles. The standard InChI is InChI=1S/C16H11FN4S/c1-10-5-2-3-8-13(10)15-20-21-14(18-19-16(21)22-15)11-6-4-7-12(17)9-11/h2-9H,1H3. The van der Waals surface area contributed by atoms with Gasteiger partial charge in [-0.15, -0.1) is 10.2 Å². The number of hydrogen-bond acceptors (Lipinski definition) is 4. The summed E-state index contributed by atoms with van der Waals surface area (Å²) < 4.78 is 15.1. The van der Waals surface area contributed by atoms with Crippen molar-refractivity contribution in [2.45, 2.75) is 6.92 Å². The van der Waals surface area contributed by atoms with Crippen LogP contribution in [0.25, 0.3) is 26.9 Å². The zero-order valence-electron chi connectivity index (χ0n) is 11.7. The molecule has 4 rings (SSSR count). The number of halogens is 1. The molecule has 0 aliphatic heterocycles. The largest absolute Gasteiger partial charge is 0.235 e. The Morgan fingerprint density at radius 3 is 2.73 bits per heavy atom. The molecule has 0 saturated heterocycles. The molecule has 22 heavy (non-hydrogen) atoms. The van der Waals surface area contributed by atoms with E-state index in [1.165, 1.54) is 23.5 Å². The first-order valence-electron chi connectivity index (χ1n) is 6.76. The molecule has 0 spiro atoms. The third-order valence-electron chi connectivity index (χ3n) is 3.45. The Kier molecular flexibility index (Phi) is 2.97. The lowest BCUT2D eigenvalue weighted by Crippen LogP contribution is -1.92. The van der Waals surface area contributed by atoms with Crippen molar-refractivity contribution in [3.8, 4) is 22.0 Å². The molecule has 0 aliphatic carbocycles. The van der Waals surface area contributed by atoms with Gasteiger partial charge in [0.15, 0.2) is 5.82 Å². The first-order chi connectivity index (χ1) is 10.7. The molecule has 0 bridgehead atoms. The van der Waals surface area contributed by atoms with Gasteiger partial charge in [-0.05, 0) is 24.6 Å². The second-order valence-electron chi connectivity index (χ2n) is 4.95. The maximum atomic E-state index is 13.4. The van der Waals surface area contributed by atoms with Crippen LogP contribution in [0.2, 0.25) is 0 Å². The van der Waals surface area contributed by atoms with E-state index >= 15 is 0 Å². The van der Waals surface area contributed by atoms with Crippen molar-refractivity contribution in [3.05, 3.63) is 59.9 Å². The molecule has 0 atom stereocenters. The molecule has 4 aromatic rings. The van der Waals surface area contributed by atoms with E-state index < -0.39 is 0 Å². The van der Waals surface area contributed by atoms with Gasteiger partial charge in [0.2, 0.25) is 4.96 Å². The van der Waals surface area contributed by atoms with Crippen LogP contribution in [0.15, 0.2) is 48.5 Å². The number of fused-ring (bicyclic) bond motifs is 1. The van der Waals surface area contributed by atoms with E-state index in [2.05, 4.69) is 15.3 Å².